The van der Waals surface area contributed by atoms with Crippen molar-refractivity contribution in [2.45, 2.75) is 6.18 Å². The molecule has 2 N–H and O–H groups in total. The van der Waals surface area contributed by atoms with E-state index in [1.54, 1.807) is 6.07 Å². The summed E-state index contributed by atoms with van der Waals surface area (Å²) in [5.74, 6) is 0. The average molecular weight is 264 g/mol. The molecule has 0 amide bonds. The van der Waals surface area contributed by atoms with Crippen LogP contribution in [-0.4, -0.2) is 9.97 Å². The number of hydrogen-bond donors (Lipinski definition) is 1. The minimum absolute atomic E-state index is 0.0128. The zero-order valence-corrected chi connectivity index (χ0v) is 9.44. The van der Waals surface area contributed by atoms with Gasteiger partial charge < -0.3 is 5.73 Å². The molecule has 2 heterocycles. The van der Waals surface area contributed by atoms with Crippen molar-refractivity contribution >= 4 is 5.69 Å². The van der Waals surface area contributed by atoms with E-state index in [0.717, 1.165) is 12.3 Å². The van der Waals surface area contributed by atoms with Crippen LogP contribution in [0.3, 0.4) is 0 Å². The smallest absolute Gasteiger partial charge is 0.396 e. The van der Waals surface area contributed by atoms with Gasteiger partial charge in [0.2, 0.25) is 0 Å². The molecule has 0 atom stereocenters. The highest BCUT2D eigenvalue weighted by Gasteiger charge is 2.34. The molecule has 0 unspecified atom stereocenters. The number of alkyl halides is 3. The second-order valence-corrected chi connectivity index (χ2v) is 3.67. The number of rotatable bonds is 1. The highest BCUT2D eigenvalue weighted by molar-refractivity contribution is 5.68. The van der Waals surface area contributed by atoms with Crippen molar-refractivity contribution in [3.63, 3.8) is 0 Å². The first-order valence-electron chi connectivity index (χ1n) is 5.11. The van der Waals surface area contributed by atoms with Gasteiger partial charge in [0.1, 0.15) is 6.07 Å². The number of nitrogens with two attached hydrogens (primary N) is 1. The molecule has 4 nitrogen and oxygen atoms in total. The summed E-state index contributed by atoms with van der Waals surface area (Å²) < 4.78 is 38.5. The Bertz CT molecular complexity index is 659. The van der Waals surface area contributed by atoms with Crippen LogP contribution < -0.4 is 5.73 Å². The topological polar surface area (TPSA) is 75.6 Å². The first-order chi connectivity index (χ1) is 8.93. The molecule has 0 fully saturated rings. The molecule has 0 aliphatic carbocycles. The number of hydrogen-bond acceptors (Lipinski definition) is 4. The van der Waals surface area contributed by atoms with Gasteiger partial charge in [0.15, 0.2) is 5.69 Å². The molecule has 0 aliphatic heterocycles. The molecule has 0 radical (unpaired) electrons. The molecular formula is C12H7F3N4. The van der Waals surface area contributed by atoms with Crippen molar-refractivity contribution in [3.8, 4) is 17.3 Å². The molecule has 2 rings (SSSR count). The van der Waals surface area contributed by atoms with Gasteiger partial charge in [0, 0.05) is 18.0 Å². The number of halogens is 3. The molecule has 2 aromatic rings. The summed E-state index contributed by atoms with van der Waals surface area (Å²) >= 11 is 0. The number of nitrogens with zero attached hydrogens (tertiary/aromatic N) is 3. The zero-order chi connectivity index (χ0) is 14.0. The Labute approximate surface area is 106 Å². The standard InChI is InChI=1S/C12H7F3N4/c13-12(14,15)8-2-1-3-18-11(8)7-4-9(17)10(5-16)19-6-7/h1-4,6H,17H2. The number of nitrogen functional groups attached to an aromatic ring is 1. The minimum atomic E-state index is -4.52. The van der Waals surface area contributed by atoms with Gasteiger partial charge in [-0.3, -0.25) is 4.98 Å². The summed E-state index contributed by atoms with van der Waals surface area (Å²) in [4.78, 5) is 7.42. The van der Waals surface area contributed by atoms with Crippen molar-refractivity contribution in [1.82, 2.24) is 9.97 Å². The van der Waals surface area contributed by atoms with Gasteiger partial charge in [-0.2, -0.15) is 18.4 Å². The summed E-state index contributed by atoms with van der Waals surface area (Å²) in [6, 6.07) is 5.12. The van der Waals surface area contributed by atoms with Crippen molar-refractivity contribution in [1.29, 1.82) is 5.26 Å². The Morgan fingerprint density at radius 3 is 2.58 bits per heavy atom. The lowest BCUT2D eigenvalue weighted by Gasteiger charge is -2.11. The van der Waals surface area contributed by atoms with Crippen LogP contribution >= 0.6 is 0 Å². The second-order valence-electron chi connectivity index (χ2n) is 3.67. The van der Waals surface area contributed by atoms with Crippen LogP contribution in [-0.2, 0) is 6.18 Å². The lowest BCUT2D eigenvalue weighted by atomic mass is 10.1. The lowest BCUT2D eigenvalue weighted by molar-refractivity contribution is -0.137. The van der Waals surface area contributed by atoms with Crippen molar-refractivity contribution < 1.29 is 13.2 Å². The van der Waals surface area contributed by atoms with E-state index in [1.165, 1.54) is 18.3 Å². The van der Waals surface area contributed by atoms with E-state index in [4.69, 9.17) is 11.0 Å². The fourth-order valence-corrected chi connectivity index (χ4v) is 1.57. The van der Waals surface area contributed by atoms with Crippen molar-refractivity contribution in [2.24, 2.45) is 0 Å². The van der Waals surface area contributed by atoms with Crippen LogP contribution in [0.15, 0.2) is 30.6 Å². The number of pyridine rings is 2. The molecule has 19 heavy (non-hydrogen) atoms. The van der Waals surface area contributed by atoms with Gasteiger partial charge in [-0.25, -0.2) is 4.98 Å². The molecular weight excluding hydrogens is 257 g/mol. The molecule has 2 aromatic heterocycles. The van der Waals surface area contributed by atoms with Crippen molar-refractivity contribution in [3.05, 3.63) is 41.9 Å². The molecule has 0 saturated carbocycles. The fraction of sp³-hybridized carbons (Fsp3) is 0.0833. The quantitative estimate of drug-likeness (QED) is 0.859. The van der Waals surface area contributed by atoms with Crippen LogP contribution in [0, 0.1) is 11.3 Å². The van der Waals surface area contributed by atoms with E-state index in [1.807, 2.05) is 0 Å². The van der Waals surface area contributed by atoms with Gasteiger partial charge in [-0.15, -0.1) is 0 Å². The predicted octanol–water partition coefficient (Wildman–Crippen LogP) is 2.62. The van der Waals surface area contributed by atoms with E-state index < -0.39 is 11.7 Å². The summed E-state index contributed by atoms with van der Waals surface area (Å²) in [5.41, 5.74) is 4.49. The van der Waals surface area contributed by atoms with E-state index >= 15 is 0 Å². The van der Waals surface area contributed by atoms with E-state index in [2.05, 4.69) is 9.97 Å². The second kappa shape index (κ2) is 4.57. The molecule has 0 aromatic carbocycles. The maximum atomic E-state index is 12.8. The lowest BCUT2D eigenvalue weighted by Crippen LogP contribution is -2.08. The molecule has 0 spiro atoms. The molecule has 7 heteroatoms. The third kappa shape index (κ3) is 2.47. The third-order valence-electron chi connectivity index (χ3n) is 2.41. The van der Waals surface area contributed by atoms with Gasteiger partial charge in [-0.1, -0.05) is 0 Å². The van der Waals surface area contributed by atoms with Gasteiger partial charge in [-0.05, 0) is 18.2 Å². The summed E-state index contributed by atoms with van der Waals surface area (Å²) in [7, 11) is 0. The maximum absolute atomic E-state index is 12.8. The molecule has 0 saturated heterocycles. The number of aromatic nitrogens is 2. The summed E-state index contributed by atoms with van der Waals surface area (Å²) in [6.07, 6.45) is -2.13. The first kappa shape index (κ1) is 12.8. The van der Waals surface area contributed by atoms with Crippen LogP contribution in [0.1, 0.15) is 11.3 Å². The van der Waals surface area contributed by atoms with Gasteiger partial charge >= 0.3 is 6.18 Å². The number of anilines is 1. The fourth-order valence-electron chi connectivity index (χ4n) is 1.57. The Morgan fingerprint density at radius 2 is 2.00 bits per heavy atom. The van der Waals surface area contributed by atoms with Crippen LogP contribution in [0.5, 0.6) is 0 Å². The SMILES string of the molecule is N#Cc1ncc(-c2ncccc2C(F)(F)F)cc1N. The van der Waals surface area contributed by atoms with E-state index in [9.17, 15) is 13.2 Å². The molecule has 0 bridgehead atoms. The van der Waals surface area contributed by atoms with Crippen LogP contribution in [0.4, 0.5) is 18.9 Å². The number of nitriles is 1. The normalized spacial score (nSPS) is 11.1. The van der Waals surface area contributed by atoms with Gasteiger partial charge in [0.25, 0.3) is 0 Å². The molecule has 0 aliphatic rings. The molecule has 96 valence electrons. The first-order valence-corrected chi connectivity index (χ1v) is 5.11. The van der Waals surface area contributed by atoms with Crippen LogP contribution in [0.2, 0.25) is 0 Å². The highest BCUT2D eigenvalue weighted by Crippen LogP contribution is 2.35. The zero-order valence-electron chi connectivity index (χ0n) is 9.44. The third-order valence-corrected chi connectivity index (χ3v) is 2.41. The summed E-state index contributed by atoms with van der Waals surface area (Å²) in [6.45, 7) is 0. The van der Waals surface area contributed by atoms with Crippen molar-refractivity contribution in [2.75, 3.05) is 5.73 Å². The van der Waals surface area contributed by atoms with Gasteiger partial charge in [0.05, 0.1) is 16.9 Å². The Kier molecular flexibility index (Phi) is 3.09. The van der Waals surface area contributed by atoms with E-state index in [0.29, 0.717) is 0 Å². The predicted molar refractivity (Wildman–Crippen MR) is 61.6 cm³/mol. The minimum Gasteiger partial charge on any atom is -0.396 e. The monoisotopic (exact) mass is 264 g/mol. The highest BCUT2D eigenvalue weighted by atomic mass is 19.4. The average Bonchev–Trinajstić information content (AvgIpc) is 2.37. The Balaban J connectivity index is 2.61. The Hall–Kier alpha value is -2.62. The summed E-state index contributed by atoms with van der Waals surface area (Å²) in [5, 5.41) is 8.68. The Morgan fingerprint density at radius 1 is 1.26 bits per heavy atom. The maximum Gasteiger partial charge on any atom is 0.418 e. The van der Waals surface area contributed by atoms with Crippen LogP contribution in [0.25, 0.3) is 11.3 Å². The van der Waals surface area contributed by atoms with E-state index in [-0.39, 0.29) is 22.6 Å². The largest absolute Gasteiger partial charge is 0.418 e.